The number of hydrogen-bond acceptors (Lipinski definition) is 23. The molecule has 660 valence electrons. The van der Waals surface area contributed by atoms with Crippen molar-refractivity contribution in [3.05, 3.63) is 125 Å². The van der Waals surface area contributed by atoms with Crippen LogP contribution in [-0.2, 0) is 119 Å². The number of rotatable bonds is 32. The van der Waals surface area contributed by atoms with Crippen LogP contribution in [-0.4, -0.2) is 279 Å². The number of aliphatic carboxylic acids is 3. The van der Waals surface area contributed by atoms with Crippen LogP contribution in [0.4, 0.5) is 0 Å². The Kier molecular flexibility index (Phi) is 36.7. The highest BCUT2D eigenvalue weighted by atomic mass is 32.2. The first kappa shape index (κ1) is 95.6. The van der Waals surface area contributed by atoms with Gasteiger partial charge in [-0.1, -0.05) is 78.9 Å². The molecule has 0 saturated carbocycles. The summed E-state index contributed by atoms with van der Waals surface area (Å²) in [5, 5.41) is 76.9. The lowest BCUT2D eigenvalue weighted by Gasteiger charge is -2.38. The fourth-order valence-corrected chi connectivity index (χ4v) is 17.0. The molecule has 2 fully saturated rings. The lowest BCUT2D eigenvalue weighted by atomic mass is 9.92. The number of aromatic amines is 1. The summed E-state index contributed by atoms with van der Waals surface area (Å²) in [6.45, 7) is 2.20. The number of thioether (sulfide) groups is 3. The van der Waals surface area contributed by atoms with E-state index in [1.807, 2.05) is 12.3 Å². The molecule has 3 aromatic carbocycles. The van der Waals surface area contributed by atoms with Crippen molar-refractivity contribution in [3.8, 4) is 0 Å². The van der Waals surface area contributed by atoms with E-state index in [9.17, 15) is 78.0 Å². The summed E-state index contributed by atoms with van der Waals surface area (Å²) in [5.41, 5.74) is 13.9. The molecule has 14 amide bonds. The van der Waals surface area contributed by atoms with Gasteiger partial charge in [0.2, 0.25) is 82.7 Å². The van der Waals surface area contributed by atoms with E-state index in [0.717, 1.165) is 23.6 Å². The SMILES string of the molecule is CSCC[C@H](NC(C)=O)C(=O)N[C@H]1CSCc2cccc(c2)CSC[C@@H](C(=O)NC(CC(=O)O)C(=O)N[C@@H](Cc2c[nH]cn2)C(=O)N2Cc3ccccc3C[C@H]2C(=O)N[C@@H](CCCNC(=N)N)C(=O)N[C@@H](CC(=O)O)C(N)=O)NC(=O)[C@H](Cc2ccccc2)NC(=O)[C@H](CCC(=O)O)NC(=O)[C@H]([C@@H](C)O)NC(=O)[C@@H]2CCCN2C(=O)[C@@H]2CCCN2C1=O. The standard InChI is InChI=1S/C79H105N19O21S3/c1-42(99)65-75(116)88-51(22-23-62(101)102)68(109)90-54(30-44-13-5-4-6-14-44)70(111)93-57(39-121-37-45-15-9-16-46(29-45)38-122-40-58(94-69(110)52(24-28-120-3)86-43(2)100)77(118)97-27-12-21-60(97)78(119)96-26-11-20-59(96)73(114)95-65)72(113)91-55(34-64(105)106)71(112)92-56(32-49-35-83-41-85-49)76(117)98-36-48-18-8-7-17-47(48)31-61(98)74(115)87-50(19-10-25-84-79(81)82)67(108)89-53(66(80)107)33-63(103)104/h4-9,13-18,29,35,41-42,50-61,65,99H,10-12,19-28,30-34,36-40H2,1-3H3,(H2,80,107)(H,83,85)(H,86,100)(H,87,115)(H,88,116)(H,89,108)(H,90,109)(H,91,113)(H,92,112)(H,93,111)(H,94,110)(H,95,114)(H,101,102)(H,103,104)(H,105,106)(H4,81,82,84)/t42-,50+,51+,52+,53+,54+,55?,56+,57+,58+,59+,60+,61+,65+/m1/s1. The molecule has 0 radical (unpaired) electrons. The number of imidazole rings is 1. The van der Waals surface area contributed by atoms with Crippen LogP contribution in [0.25, 0.3) is 0 Å². The van der Waals surface area contributed by atoms with Crippen molar-refractivity contribution in [1.82, 2.24) is 83.2 Å². The molecule has 0 spiro atoms. The van der Waals surface area contributed by atoms with Crippen molar-refractivity contribution in [1.29, 1.82) is 5.41 Å². The summed E-state index contributed by atoms with van der Waals surface area (Å²) in [6.07, 6.45) is -0.908. The van der Waals surface area contributed by atoms with Crippen LogP contribution in [0.1, 0.15) is 118 Å². The molecule has 8 rings (SSSR count). The number of carbonyl (C=O) groups is 17. The van der Waals surface area contributed by atoms with Gasteiger partial charge in [-0.3, -0.25) is 86.9 Å². The van der Waals surface area contributed by atoms with Gasteiger partial charge in [0, 0.05) is 88.0 Å². The molecule has 4 aromatic rings. The minimum Gasteiger partial charge on any atom is -0.481 e. The van der Waals surface area contributed by atoms with Crippen LogP contribution >= 0.6 is 35.3 Å². The molecule has 21 N–H and O–H groups in total. The smallest absolute Gasteiger partial charge is 0.305 e. The van der Waals surface area contributed by atoms with Gasteiger partial charge in [-0.2, -0.15) is 35.3 Å². The molecule has 1 aromatic heterocycles. The molecule has 4 aliphatic heterocycles. The summed E-state index contributed by atoms with van der Waals surface area (Å²) < 4.78 is 0. The summed E-state index contributed by atoms with van der Waals surface area (Å²) in [5.74, 6) is -18.2. The Labute approximate surface area is 714 Å². The molecular weight excluding hydrogens is 1650 g/mol. The average Bonchev–Trinajstić information content (AvgIpc) is 1.04. The number of hydrogen-bond donors (Lipinski definition) is 19. The van der Waals surface area contributed by atoms with Crippen molar-refractivity contribution in [2.24, 2.45) is 11.5 Å². The third-order valence-corrected chi connectivity index (χ3v) is 23.5. The van der Waals surface area contributed by atoms with Crippen LogP contribution in [0.5, 0.6) is 0 Å². The van der Waals surface area contributed by atoms with Gasteiger partial charge in [0.15, 0.2) is 5.96 Å². The van der Waals surface area contributed by atoms with Gasteiger partial charge in [-0.15, -0.1) is 0 Å². The Balaban J connectivity index is 1.14. The number of benzene rings is 3. The van der Waals surface area contributed by atoms with Crippen LogP contribution in [0.15, 0.2) is 91.4 Å². The van der Waals surface area contributed by atoms with Crippen molar-refractivity contribution in [2.75, 3.05) is 43.1 Å². The summed E-state index contributed by atoms with van der Waals surface area (Å²) in [7, 11) is 0. The molecule has 2 saturated heterocycles. The Morgan fingerprint density at radius 3 is 1.89 bits per heavy atom. The summed E-state index contributed by atoms with van der Waals surface area (Å²) in [6, 6.07) is 1.25. The van der Waals surface area contributed by atoms with Gasteiger partial charge in [0.25, 0.3) is 0 Å². The number of carboxylic acids is 3. The Hall–Kier alpha value is -11.9. The molecule has 2 bridgehead atoms. The number of carboxylic acid groups (broad SMARTS) is 3. The maximum atomic E-state index is 15.6. The van der Waals surface area contributed by atoms with Gasteiger partial charge in [-0.05, 0) is 98.1 Å². The average molecular weight is 1750 g/mol. The zero-order valence-corrected chi connectivity index (χ0v) is 69.9. The van der Waals surface area contributed by atoms with Crippen LogP contribution in [0.3, 0.4) is 0 Å². The quantitative estimate of drug-likeness (QED) is 0.0131. The first-order valence-electron chi connectivity index (χ1n) is 39.6. The number of carbonyl (C=O) groups excluding carboxylic acids is 14. The zero-order chi connectivity index (χ0) is 88.9. The van der Waals surface area contributed by atoms with Crippen LogP contribution in [0.2, 0.25) is 0 Å². The van der Waals surface area contributed by atoms with Gasteiger partial charge in [0.1, 0.15) is 78.5 Å². The Morgan fingerprint density at radius 2 is 1.25 bits per heavy atom. The minimum atomic E-state index is -2.11. The highest BCUT2D eigenvalue weighted by molar-refractivity contribution is 7.99. The first-order valence-corrected chi connectivity index (χ1v) is 43.3. The van der Waals surface area contributed by atoms with E-state index in [0.29, 0.717) is 46.4 Å². The highest BCUT2D eigenvalue weighted by Crippen LogP contribution is 2.30. The largest absolute Gasteiger partial charge is 0.481 e. The Bertz CT molecular complexity index is 4450. The van der Waals surface area contributed by atoms with Gasteiger partial charge in [0.05, 0.1) is 31.0 Å². The number of amides is 14. The van der Waals surface area contributed by atoms with Gasteiger partial charge >= 0.3 is 17.9 Å². The summed E-state index contributed by atoms with van der Waals surface area (Å²) >= 11 is 3.74. The normalized spacial score (nSPS) is 21.6. The molecular formula is C79H105N19O21S3. The van der Waals surface area contributed by atoms with E-state index < -0.39 is 229 Å². The molecule has 43 heteroatoms. The fraction of sp³-hybridized carbons (Fsp3) is 0.506. The second kappa shape index (κ2) is 46.8. The number of fused-ring (bicyclic) bond motifs is 5. The maximum Gasteiger partial charge on any atom is 0.305 e. The van der Waals surface area contributed by atoms with E-state index in [2.05, 4.69) is 68.5 Å². The minimum absolute atomic E-state index is 0.000744. The van der Waals surface area contributed by atoms with Crippen molar-refractivity contribution in [3.63, 3.8) is 0 Å². The molecule has 40 nitrogen and oxygen atoms in total. The number of H-pyrrole nitrogens is 1. The number of nitrogens with two attached hydrogens (primary N) is 2. The van der Waals surface area contributed by atoms with Gasteiger partial charge < -0.3 is 110 Å². The zero-order valence-electron chi connectivity index (χ0n) is 67.4. The summed E-state index contributed by atoms with van der Waals surface area (Å²) in [4.78, 5) is 251. The van der Waals surface area contributed by atoms with E-state index in [4.69, 9.17) is 16.9 Å². The first-order chi connectivity index (χ1) is 58.2. The molecule has 4 aliphatic rings. The molecule has 14 atom stereocenters. The number of aliphatic hydroxyl groups excluding tert-OH is 1. The van der Waals surface area contributed by atoms with Crippen molar-refractivity contribution in [2.45, 2.75) is 206 Å². The van der Waals surface area contributed by atoms with Crippen molar-refractivity contribution >= 4 is 142 Å². The Morgan fingerprint density at radius 1 is 0.648 bits per heavy atom. The molecule has 5 heterocycles. The number of nitrogens with zero attached hydrogens (tertiary/aromatic N) is 4. The van der Waals surface area contributed by atoms with Crippen LogP contribution in [0, 0.1) is 5.41 Å². The van der Waals surface area contributed by atoms with E-state index >= 15 is 24.0 Å². The second-order valence-electron chi connectivity index (χ2n) is 29.9. The lowest BCUT2D eigenvalue weighted by molar-refractivity contribution is -0.148. The molecule has 0 aliphatic carbocycles. The molecule has 122 heavy (non-hydrogen) atoms. The maximum absolute atomic E-state index is 15.6. The van der Waals surface area contributed by atoms with E-state index in [1.54, 1.807) is 72.8 Å². The molecule has 1 unspecified atom stereocenters. The number of aromatic nitrogens is 2. The number of aliphatic hydroxyl groups is 1. The van der Waals surface area contributed by atoms with E-state index in [-0.39, 0.29) is 94.1 Å². The number of guanidine groups is 1. The monoisotopic (exact) mass is 1750 g/mol. The second-order valence-corrected chi connectivity index (χ2v) is 32.9. The number of primary amides is 1. The van der Waals surface area contributed by atoms with Crippen molar-refractivity contribution < 1.29 is 102 Å². The van der Waals surface area contributed by atoms with Crippen LogP contribution < -0.4 is 70.0 Å². The third-order valence-electron chi connectivity index (χ3n) is 20.7. The third kappa shape index (κ3) is 28.7. The predicted octanol–water partition coefficient (Wildman–Crippen LogP) is -3.12. The number of nitrogens with one attached hydrogen (secondary N) is 13. The lowest BCUT2D eigenvalue weighted by Crippen LogP contribution is -2.63. The highest BCUT2D eigenvalue weighted by Gasteiger charge is 2.47. The fourth-order valence-electron chi connectivity index (χ4n) is 14.5. The predicted molar refractivity (Wildman–Crippen MR) is 445 cm³/mol. The topological polar surface area (TPSA) is 618 Å². The van der Waals surface area contributed by atoms with E-state index in [1.165, 1.54) is 52.8 Å². The van der Waals surface area contributed by atoms with Gasteiger partial charge in [-0.25, -0.2) is 4.98 Å².